The predicted octanol–water partition coefficient (Wildman–Crippen LogP) is 12.6. The van der Waals surface area contributed by atoms with Gasteiger partial charge in [0.15, 0.2) is 11.1 Å². The molecule has 3 N–H and O–H groups in total. The van der Waals surface area contributed by atoms with E-state index in [1.807, 2.05) is 30.3 Å². The van der Waals surface area contributed by atoms with E-state index in [4.69, 9.17) is 0 Å². The fourth-order valence-corrected chi connectivity index (χ4v) is 9.58. The highest BCUT2D eigenvalue weighted by atomic mass is 31.2. The summed E-state index contributed by atoms with van der Waals surface area (Å²) in [5.74, 6) is -0.144. The van der Waals surface area contributed by atoms with Crippen molar-refractivity contribution in [2.75, 3.05) is 0 Å². The van der Waals surface area contributed by atoms with Gasteiger partial charge in [0.1, 0.15) is 0 Å². The number of benzene rings is 6. The second-order valence-electron chi connectivity index (χ2n) is 15.6. The second-order valence-corrected chi connectivity index (χ2v) is 17.2. The van der Waals surface area contributed by atoms with E-state index in [1.165, 1.54) is 33.0 Å². The predicted molar refractivity (Wildman–Crippen MR) is 239 cm³/mol. The minimum Gasteiger partial charge on any atom is -0.289 e. The molecule has 0 bridgehead atoms. The van der Waals surface area contributed by atoms with E-state index in [1.54, 1.807) is 12.1 Å². The van der Waals surface area contributed by atoms with Crippen molar-refractivity contribution in [1.82, 2.24) is 0 Å². The summed E-state index contributed by atoms with van der Waals surface area (Å²) < 4.78 is 0. The lowest BCUT2D eigenvalue weighted by Crippen LogP contribution is -2.18. The van der Waals surface area contributed by atoms with Crippen LogP contribution in [0.4, 0.5) is 0 Å². The maximum absolute atomic E-state index is 14.9. The first-order valence-electron chi connectivity index (χ1n) is 21.1. The van der Waals surface area contributed by atoms with Crippen LogP contribution >= 0.6 is 7.94 Å². The summed E-state index contributed by atoms with van der Waals surface area (Å²) in [7, 11) is -4.61. The van der Waals surface area contributed by atoms with E-state index in [0.29, 0.717) is 22.3 Å². The summed E-state index contributed by atoms with van der Waals surface area (Å²) in [4.78, 5) is 49.1. The summed E-state index contributed by atoms with van der Waals surface area (Å²) in [5.41, 5.74) is 11.3. The van der Waals surface area contributed by atoms with Gasteiger partial charge >= 0.3 is 7.94 Å². The lowest BCUT2D eigenvalue weighted by molar-refractivity contribution is 0.103. The average molecular weight is 768 g/mol. The van der Waals surface area contributed by atoms with Crippen LogP contribution in [-0.4, -0.2) is 20.5 Å². The SMILES string of the molecule is CCCc1cc(CCC)c2cc(-c3c(C(=O)c4ccccc4)ccc([P+](O)(O)O)c3-c3cc4c(CCC)cc(CCC)cc4cc3CCC)c(CCC)cc2c1. The summed E-state index contributed by atoms with van der Waals surface area (Å²) in [5, 5.41) is 4.71. The molecule has 0 saturated carbocycles. The van der Waals surface area contributed by atoms with Crippen molar-refractivity contribution in [2.24, 2.45) is 0 Å². The number of fused-ring (bicyclic) bond motifs is 2. The Morgan fingerprint density at radius 3 is 1.38 bits per heavy atom. The molecule has 0 atom stereocenters. The third-order valence-corrected chi connectivity index (χ3v) is 12.1. The molecule has 0 spiro atoms. The minimum atomic E-state index is -4.61. The van der Waals surface area contributed by atoms with Crippen molar-refractivity contribution in [3.63, 3.8) is 0 Å². The Balaban J connectivity index is 1.83. The third-order valence-electron chi connectivity index (χ3n) is 11.1. The summed E-state index contributed by atoms with van der Waals surface area (Å²) >= 11 is 0. The van der Waals surface area contributed by atoms with Crippen LogP contribution in [0.2, 0.25) is 0 Å². The molecule has 0 aliphatic carbocycles. The van der Waals surface area contributed by atoms with Crippen LogP contribution in [0, 0.1) is 0 Å². The molecule has 292 valence electrons. The van der Waals surface area contributed by atoms with Gasteiger partial charge in [0.25, 0.3) is 0 Å². The summed E-state index contributed by atoms with van der Waals surface area (Å²) in [6, 6.07) is 31.0. The molecule has 6 aromatic rings. The topological polar surface area (TPSA) is 77.8 Å². The van der Waals surface area contributed by atoms with Gasteiger partial charge in [-0.15, -0.1) is 0 Å². The van der Waals surface area contributed by atoms with Gasteiger partial charge in [-0.3, -0.25) is 4.79 Å². The molecule has 0 amide bonds. The first kappa shape index (κ1) is 41.5. The Morgan fingerprint density at radius 1 is 0.482 bits per heavy atom. The lowest BCUT2D eigenvalue weighted by atomic mass is 9.80. The van der Waals surface area contributed by atoms with Crippen molar-refractivity contribution >= 4 is 40.6 Å². The first-order chi connectivity index (χ1) is 27.1. The van der Waals surface area contributed by atoms with E-state index < -0.39 is 7.94 Å². The van der Waals surface area contributed by atoms with Gasteiger partial charge in [0, 0.05) is 22.3 Å². The average Bonchev–Trinajstić information content (AvgIpc) is 3.17. The van der Waals surface area contributed by atoms with Crippen molar-refractivity contribution in [2.45, 2.75) is 119 Å². The molecule has 0 aromatic heterocycles. The van der Waals surface area contributed by atoms with Gasteiger partial charge in [-0.1, -0.05) is 147 Å². The molecule has 0 saturated heterocycles. The van der Waals surface area contributed by atoms with Crippen LogP contribution < -0.4 is 5.30 Å². The van der Waals surface area contributed by atoms with Gasteiger partial charge in [0.2, 0.25) is 0 Å². The maximum Gasteiger partial charge on any atom is 0.441 e. The van der Waals surface area contributed by atoms with Crippen molar-refractivity contribution in [3.05, 3.63) is 136 Å². The number of aryl methyl sites for hydroxylation is 6. The van der Waals surface area contributed by atoms with E-state index in [9.17, 15) is 19.5 Å². The maximum atomic E-state index is 14.9. The molecular weight excluding hydrogens is 708 g/mol. The van der Waals surface area contributed by atoms with Gasteiger partial charge in [-0.05, 0) is 129 Å². The standard InChI is InChI=1S/C51H60O4P/c1-7-16-34-26-37(18-9-3)44-32-46(39(20-11-5)30-41(44)28-34)49-43(51(52)36-22-14-13-15-23-36)24-25-48(56(53,54)55)50(49)47-33-45-38(19-10-4)27-35(17-8-2)29-42(45)31-40(47)21-12-6/h13-15,22-33,53-55H,7-12,16-21H2,1-6H3/q+1. The highest BCUT2D eigenvalue weighted by molar-refractivity contribution is 7.67. The van der Waals surface area contributed by atoms with Crippen LogP contribution in [0.5, 0.6) is 0 Å². The van der Waals surface area contributed by atoms with E-state index in [2.05, 4.69) is 90.1 Å². The van der Waals surface area contributed by atoms with Gasteiger partial charge < -0.3 is 0 Å². The van der Waals surface area contributed by atoms with Crippen molar-refractivity contribution < 1.29 is 19.5 Å². The van der Waals surface area contributed by atoms with Crippen LogP contribution in [-0.2, 0) is 38.5 Å². The molecule has 0 heterocycles. The zero-order chi connectivity index (χ0) is 40.0. The van der Waals surface area contributed by atoms with E-state index in [-0.39, 0.29) is 11.1 Å². The Labute approximate surface area is 335 Å². The van der Waals surface area contributed by atoms with Gasteiger partial charge in [-0.2, -0.15) is 14.7 Å². The molecule has 6 aromatic carbocycles. The molecule has 4 nitrogen and oxygen atoms in total. The quantitative estimate of drug-likeness (QED) is 0.0638. The van der Waals surface area contributed by atoms with Gasteiger partial charge in [0.05, 0.1) is 0 Å². The van der Waals surface area contributed by atoms with Crippen molar-refractivity contribution in [1.29, 1.82) is 0 Å². The molecule has 0 aliphatic heterocycles. The Kier molecular flexibility index (Phi) is 13.6. The molecule has 0 fully saturated rings. The first-order valence-corrected chi connectivity index (χ1v) is 22.7. The normalized spacial score (nSPS) is 11.9. The molecule has 0 radical (unpaired) electrons. The monoisotopic (exact) mass is 767 g/mol. The minimum absolute atomic E-state index is 0.0723. The van der Waals surface area contributed by atoms with Gasteiger partial charge in [-0.25, -0.2) is 0 Å². The fraction of sp³-hybridized carbons (Fsp3) is 0.353. The number of carbonyl (C=O) groups excluding carboxylic acids is 1. The Hall–Kier alpha value is -4.18. The number of hydrogen-bond donors (Lipinski definition) is 3. The number of carbonyl (C=O) groups is 1. The lowest BCUT2D eigenvalue weighted by Gasteiger charge is -2.24. The largest absolute Gasteiger partial charge is 0.441 e. The summed E-state index contributed by atoms with van der Waals surface area (Å²) in [6.07, 6.45) is 11.2. The van der Waals surface area contributed by atoms with Crippen LogP contribution in [0.25, 0.3) is 43.8 Å². The molecular formula is C51H60O4P+. The molecule has 5 heteroatoms. The highest BCUT2D eigenvalue weighted by Gasteiger charge is 2.41. The zero-order valence-electron chi connectivity index (χ0n) is 34.3. The van der Waals surface area contributed by atoms with Crippen molar-refractivity contribution in [3.8, 4) is 22.3 Å². The second kappa shape index (κ2) is 18.4. The molecule has 6 rings (SSSR count). The highest BCUT2D eigenvalue weighted by Crippen LogP contribution is 2.51. The summed E-state index contributed by atoms with van der Waals surface area (Å²) in [6.45, 7) is 13.2. The Morgan fingerprint density at radius 2 is 0.929 bits per heavy atom. The van der Waals surface area contributed by atoms with Crippen LogP contribution in [0.15, 0.2) is 91.0 Å². The number of rotatable bonds is 17. The smallest absolute Gasteiger partial charge is 0.289 e. The van der Waals surface area contributed by atoms with E-state index >= 15 is 0 Å². The third kappa shape index (κ3) is 8.70. The number of hydrogen-bond acceptors (Lipinski definition) is 4. The number of ketones is 1. The fourth-order valence-electron chi connectivity index (χ4n) is 8.77. The molecule has 56 heavy (non-hydrogen) atoms. The van der Waals surface area contributed by atoms with Crippen LogP contribution in [0.1, 0.15) is 129 Å². The van der Waals surface area contributed by atoms with Crippen LogP contribution in [0.3, 0.4) is 0 Å². The molecule has 0 aliphatic rings. The zero-order valence-corrected chi connectivity index (χ0v) is 35.2. The Bertz CT molecular complexity index is 2330. The van der Waals surface area contributed by atoms with E-state index in [0.717, 1.165) is 110 Å². The molecule has 0 unspecified atom stereocenters.